The van der Waals surface area contributed by atoms with E-state index in [1.807, 2.05) is 42.7 Å². The summed E-state index contributed by atoms with van der Waals surface area (Å²) < 4.78 is 20.5. The highest BCUT2D eigenvalue weighted by Gasteiger charge is 2.23. The van der Waals surface area contributed by atoms with E-state index in [1.54, 1.807) is 25.3 Å². The summed E-state index contributed by atoms with van der Waals surface area (Å²) in [6.07, 6.45) is 1.76. The Morgan fingerprint density at radius 2 is 1.94 bits per heavy atom. The second kappa shape index (κ2) is 10.3. The van der Waals surface area contributed by atoms with Gasteiger partial charge in [-0.2, -0.15) is 0 Å². The molecule has 0 radical (unpaired) electrons. The van der Waals surface area contributed by atoms with Crippen molar-refractivity contribution in [1.82, 2.24) is 20.1 Å². The first-order chi connectivity index (χ1) is 14.9. The van der Waals surface area contributed by atoms with Crippen molar-refractivity contribution in [2.45, 2.75) is 36.8 Å². The predicted molar refractivity (Wildman–Crippen MR) is 120 cm³/mol. The second-order valence-electron chi connectivity index (χ2n) is 6.95. The number of rotatable bonds is 9. The first kappa shape index (κ1) is 22.6. The van der Waals surface area contributed by atoms with Crippen molar-refractivity contribution in [3.8, 4) is 17.1 Å². The number of benzene rings is 2. The number of hydrogen-bond donors (Lipinski definition) is 1. The number of allylic oxidation sites excluding steroid dienone is 1. The van der Waals surface area contributed by atoms with Gasteiger partial charge in [0.2, 0.25) is 5.91 Å². The van der Waals surface area contributed by atoms with Gasteiger partial charge in [0.1, 0.15) is 11.6 Å². The summed E-state index contributed by atoms with van der Waals surface area (Å²) in [6.45, 7) is 7.99. The number of aromatic nitrogens is 3. The number of para-hydroxylation sites is 1. The van der Waals surface area contributed by atoms with Crippen molar-refractivity contribution in [2.75, 3.05) is 7.11 Å². The standard InChI is InChI=1S/C23H25FN4O2S/c1-5-14-28-21(19-8-6-7-9-20(19)30-4)26-27-23(28)31-16(3)22(29)25-15(2)17-10-12-18(24)13-11-17/h5-13,15-16H,1,14H2,2-4H3,(H,25,29)/t15-,16+/m1/s1. The van der Waals surface area contributed by atoms with E-state index in [4.69, 9.17) is 4.74 Å². The van der Waals surface area contributed by atoms with E-state index < -0.39 is 5.25 Å². The maximum absolute atomic E-state index is 13.1. The monoisotopic (exact) mass is 440 g/mol. The van der Waals surface area contributed by atoms with Crippen LogP contribution in [0.4, 0.5) is 4.39 Å². The molecule has 0 aliphatic rings. The summed E-state index contributed by atoms with van der Waals surface area (Å²) >= 11 is 1.32. The molecule has 1 heterocycles. The molecule has 2 atom stereocenters. The van der Waals surface area contributed by atoms with Crippen LogP contribution in [-0.4, -0.2) is 33.0 Å². The Bertz CT molecular complexity index is 1050. The number of halogens is 1. The van der Waals surface area contributed by atoms with Crippen molar-refractivity contribution in [1.29, 1.82) is 0 Å². The van der Waals surface area contributed by atoms with Crippen molar-refractivity contribution < 1.29 is 13.9 Å². The highest BCUT2D eigenvalue weighted by Crippen LogP contribution is 2.32. The number of nitrogens with zero attached hydrogens (tertiary/aromatic N) is 3. The van der Waals surface area contributed by atoms with E-state index >= 15 is 0 Å². The van der Waals surface area contributed by atoms with Crippen molar-refractivity contribution in [3.05, 3.63) is 72.6 Å². The first-order valence-corrected chi connectivity index (χ1v) is 10.7. The minimum absolute atomic E-state index is 0.145. The molecule has 31 heavy (non-hydrogen) atoms. The smallest absolute Gasteiger partial charge is 0.233 e. The molecule has 3 rings (SSSR count). The number of nitrogens with one attached hydrogen (secondary N) is 1. The van der Waals surface area contributed by atoms with Gasteiger partial charge in [-0.15, -0.1) is 16.8 Å². The Morgan fingerprint density at radius 3 is 2.61 bits per heavy atom. The van der Waals surface area contributed by atoms with Crippen LogP contribution in [0.25, 0.3) is 11.4 Å². The van der Waals surface area contributed by atoms with Gasteiger partial charge in [-0.1, -0.05) is 42.1 Å². The largest absolute Gasteiger partial charge is 0.496 e. The molecule has 0 saturated heterocycles. The molecule has 1 amide bonds. The Kier molecular flexibility index (Phi) is 7.46. The fraction of sp³-hybridized carbons (Fsp3) is 0.261. The molecule has 0 bridgehead atoms. The molecule has 1 aromatic heterocycles. The van der Waals surface area contributed by atoms with Gasteiger partial charge in [0.05, 0.1) is 24.0 Å². The average molecular weight is 441 g/mol. The van der Waals surface area contributed by atoms with Gasteiger partial charge in [-0.3, -0.25) is 9.36 Å². The predicted octanol–water partition coefficient (Wildman–Crippen LogP) is 4.64. The van der Waals surface area contributed by atoms with Crippen LogP contribution in [0.5, 0.6) is 5.75 Å². The number of ether oxygens (including phenoxy) is 1. The van der Waals surface area contributed by atoms with Gasteiger partial charge in [0.15, 0.2) is 11.0 Å². The number of thioether (sulfide) groups is 1. The van der Waals surface area contributed by atoms with Crippen LogP contribution >= 0.6 is 11.8 Å². The number of methoxy groups -OCH3 is 1. The quantitative estimate of drug-likeness (QED) is 0.388. The lowest BCUT2D eigenvalue weighted by atomic mass is 10.1. The summed E-state index contributed by atoms with van der Waals surface area (Å²) in [4.78, 5) is 12.7. The number of amides is 1. The minimum Gasteiger partial charge on any atom is -0.496 e. The minimum atomic E-state index is -0.416. The van der Waals surface area contributed by atoms with E-state index in [0.717, 1.165) is 11.1 Å². The zero-order valence-corrected chi connectivity index (χ0v) is 18.5. The Morgan fingerprint density at radius 1 is 1.23 bits per heavy atom. The summed E-state index contributed by atoms with van der Waals surface area (Å²) in [5.41, 5.74) is 1.65. The van der Waals surface area contributed by atoms with Crippen molar-refractivity contribution >= 4 is 17.7 Å². The molecule has 0 unspecified atom stereocenters. The van der Waals surface area contributed by atoms with Gasteiger partial charge >= 0.3 is 0 Å². The van der Waals surface area contributed by atoms with Gasteiger partial charge in [0, 0.05) is 6.54 Å². The highest BCUT2D eigenvalue weighted by molar-refractivity contribution is 8.00. The lowest BCUT2D eigenvalue weighted by Gasteiger charge is -2.18. The fourth-order valence-electron chi connectivity index (χ4n) is 3.08. The third kappa shape index (κ3) is 5.32. The van der Waals surface area contributed by atoms with Crippen LogP contribution in [0.2, 0.25) is 0 Å². The summed E-state index contributed by atoms with van der Waals surface area (Å²) in [5.74, 6) is 0.884. The molecule has 0 spiro atoms. The molecule has 0 aliphatic heterocycles. The maximum Gasteiger partial charge on any atom is 0.233 e. The SMILES string of the molecule is C=CCn1c(S[C@@H](C)C(=O)N[C@H](C)c2ccc(F)cc2)nnc1-c1ccccc1OC. The van der Waals surface area contributed by atoms with Gasteiger partial charge < -0.3 is 10.1 Å². The second-order valence-corrected chi connectivity index (χ2v) is 8.26. The van der Waals surface area contributed by atoms with E-state index in [2.05, 4.69) is 22.1 Å². The van der Waals surface area contributed by atoms with Gasteiger partial charge in [-0.25, -0.2) is 4.39 Å². The van der Waals surface area contributed by atoms with E-state index in [9.17, 15) is 9.18 Å². The molecular formula is C23H25FN4O2S. The van der Waals surface area contributed by atoms with Crippen LogP contribution in [0.3, 0.4) is 0 Å². The molecule has 8 heteroatoms. The van der Waals surface area contributed by atoms with Crippen molar-refractivity contribution in [2.24, 2.45) is 0 Å². The number of carbonyl (C=O) groups is 1. The number of hydrogen-bond acceptors (Lipinski definition) is 5. The van der Waals surface area contributed by atoms with Gasteiger partial charge in [-0.05, 0) is 43.7 Å². The molecule has 162 valence electrons. The highest BCUT2D eigenvalue weighted by atomic mass is 32.2. The van der Waals surface area contributed by atoms with Crippen LogP contribution in [0, 0.1) is 5.82 Å². The number of carbonyl (C=O) groups excluding carboxylic acids is 1. The molecule has 1 N–H and O–H groups in total. The summed E-state index contributed by atoms with van der Waals surface area (Å²) in [7, 11) is 1.61. The molecule has 6 nitrogen and oxygen atoms in total. The Balaban J connectivity index is 1.77. The maximum atomic E-state index is 13.1. The van der Waals surface area contributed by atoms with Crippen molar-refractivity contribution in [3.63, 3.8) is 0 Å². The zero-order valence-electron chi connectivity index (χ0n) is 17.7. The Hall–Kier alpha value is -3.13. The molecule has 0 saturated carbocycles. The average Bonchev–Trinajstić information content (AvgIpc) is 3.16. The molecule has 3 aromatic rings. The molecule has 0 fully saturated rings. The van der Waals surface area contributed by atoms with E-state index in [0.29, 0.717) is 23.3 Å². The topological polar surface area (TPSA) is 69.0 Å². The normalized spacial score (nSPS) is 12.8. The summed E-state index contributed by atoms with van der Waals surface area (Å²) in [5, 5.41) is 11.8. The first-order valence-electron chi connectivity index (χ1n) is 9.84. The van der Waals surface area contributed by atoms with Gasteiger partial charge in [0.25, 0.3) is 0 Å². The van der Waals surface area contributed by atoms with E-state index in [1.165, 1.54) is 23.9 Å². The fourth-order valence-corrected chi connectivity index (χ4v) is 3.94. The summed E-state index contributed by atoms with van der Waals surface area (Å²) in [6, 6.07) is 13.4. The molecule has 2 aromatic carbocycles. The van der Waals surface area contributed by atoms with Crippen LogP contribution < -0.4 is 10.1 Å². The lowest BCUT2D eigenvalue weighted by Crippen LogP contribution is -2.33. The van der Waals surface area contributed by atoms with Crippen LogP contribution in [-0.2, 0) is 11.3 Å². The molecule has 0 aliphatic carbocycles. The van der Waals surface area contributed by atoms with E-state index in [-0.39, 0.29) is 17.8 Å². The third-order valence-electron chi connectivity index (χ3n) is 4.76. The zero-order chi connectivity index (χ0) is 22.4. The Labute approximate surface area is 185 Å². The van der Waals surface area contributed by atoms with Crippen LogP contribution in [0.15, 0.2) is 66.3 Å². The third-order valence-corrected chi connectivity index (χ3v) is 5.84. The van der Waals surface area contributed by atoms with Crippen LogP contribution in [0.1, 0.15) is 25.5 Å². The molecular weight excluding hydrogens is 415 g/mol. The lowest BCUT2D eigenvalue weighted by molar-refractivity contribution is -0.120.